The van der Waals surface area contributed by atoms with E-state index >= 15 is 0 Å². The van der Waals surface area contributed by atoms with Crippen molar-refractivity contribution < 1.29 is 9.52 Å². The average molecular weight is 254 g/mol. The fourth-order valence-electron chi connectivity index (χ4n) is 2.51. The Labute approximate surface area is 110 Å². The van der Waals surface area contributed by atoms with Crippen LogP contribution in [0.25, 0.3) is 0 Å². The molecule has 0 amide bonds. The van der Waals surface area contributed by atoms with E-state index in [4.69, 9.17) is 10.2 Å². The predicted octanol–water partition coefficient (Wildman–Crippen LogP) is 2.07. The summed E-state index contributed by atoms with van der Waals surface area (Å²) in [6, 6.07) is 4.42. The topological polar surface area (TPSA) is 62.6 Å². The molecule has 18 heavy (non-hydrogen) atoms. The van der Waals surface area contributed by atoms with Crippen LogP contribution in [0.5, 0.6) is 0 Å². The summed E-state index contributed by atoms with van der Waals surface area (Å²) in [7, 11) is 0. The van der Waals surface area contributed by atoms with Crippen molar-refractivity contribution in [2.24, 2.45) is 5.73 Å². The Morgan fingerprint density at radius 2 is 2.00 bits per heavy atom. The summed E-state index contributed by atoms with van der Waals surface area (Å²) in [5.41, 5.74) is 5.91. The highest BCUT2D eigenvalue weighted by Gasteiger charge is 2.26. The first-order valence-electron chi connectivity index (χ1n) is 6.80. The summed E-state index contributed by atoms with van der Waals surface area (Å²) in [6.45, 7) is 7.55. The molecule has 1 aromatic heterocycles. The maximum atomic E-state index is 9.26. The molecule has 0 spiro atoms. The molecule has 4 nitrogen and oxygen atoms in total. The molecular weight excluding hydrogens is 228 g/mol. The van der Waals surface area contributed by atoms with Gasteiger partial charge in [-0.3, -0.25) is 4.90 Å². The van der Waals surface area contributed by atoms with Crippen molar-refractivity contribution in [2.75, 3.05) is 19.7 Å². The first-order valence-corrected chi connectivity index (χ1v) is 6.80. The van der Waals surface area contributed by atoms with Gasteiger partial charge in [-0.25, -0.2) is 0 Å². The maximum Gasteiger partial charge on any atom is 0.122 e. The average Bonchev–Trinajstić information content (AvgIpc) is 2.78. The molecule has 1 rings (SSSR count). The summed E-state index contributed by atoms with van der Waals surface area (Å²) < 4.78 is 5.70. The standard InChI is InChI=1S/C14H26N2O2/c1-4-12(5-2)16(8-9-17)13(10-15)14-7-6-11(3)18-14/h6-7,12-13,17H,4-5,8-10,15H2,1-3H3. The molecule has 0 saturated heterocycles. The number of aryl methyl sites for hydroxylation is 1. The van der Waals surface area contributed by atoms with Crippen molar-refractivity contribution in [1.82, 2.24) is 4.90 Å². The minimum Gasteiger partial charge on any atom is -0.465 e. The quantitative estimate of drug-likeness (QED) is 0.745. The smallest absolute Gasteiger partial charge is 0.122 e. The van der Waals surface area contributed by atoms with Crippen molar-refractivity contribution in [3.8, 4) is 0 Å². The fourth-order valence-corrected chi connectivity index (χ4v) is 2.51. The van der Waals surface area contributed by atoms with E-state index in [1.54, 1.807) is 0 Å². The molecule has 1 aromatic rings. The lowest BCUT2D eigenvalue weighted by molar-refractivity contribution is 0.0881. The van der Waals surface area contributed by atoms with Crippen LogP contribution >= 0.6 is 0 Å². The summed E-state index contributed by atoms with van der Waals surface area (Å²) in [5.74, 6) is 1.80. The molecule has 0 fully saturated rings. The molecule has 3 N–H and O–H groups in total. The summed E-state index contributed by atoms with van der Waals surface area (Å²) in [4.78, 5) is 2.26. The molecule has 0 saturated carbocycles. The second kappa shape index (κ2) is 7.56. The van der Waals surface area contributed by atoms with Gasteiger partial charge in [0, 0.05) is 19.1 Å². The number of rotatable bonds is 8. The van der Waals surface area contributed by atoms with E-state index in [1.807, 2.05) is 19.1 Å². The molecule has 1 unspecified atom stereocenters. The lowest BCUT2D eigenvalue weighted by Crippen LogP contribution is -2.42. The first kappa shape index (κ1) is 15.2. The number of furan rings is 1. The Kier molecular flexibility index (Phi) is 6.39. The van der Waals surface area contributed by atoms with E-state index in [2.05, 4.69) is 18.7 Å². The van der Waals surface area contributed by atoms with E-state index in [-0.39, 0.29) is 12.6 Å². The molecule has 1 heterocycles. The lowest BCUT2D eigenvalue weighted by Gasteiger charge is -2.35. The molecule has 0 aromatic carbocycles. The Morgan fingerprint density at radius 3 is 2.39 bits per heavy atom. The normalized spacial score (nSPS) is 13.5. The molecular formula is C14H26N2O2. The summed E-state index contributed by atoms with van der Waals surface area (Å²) in [5, 5.41) is 9.26. The van der Waals surface area contributed by atoms with Gasteiger partial charge in [0.25, 0.3) is 0 Å². The van der Waals surface area contributed by atoms with E-state index in [1.165, 1.54) is 0 Å². The highest BCUT2D eigenvalue weighted by atomic mass is 16.3. The Hall–Kier alpha value is -0.840. The Bertz CT molecular complexity index is 334. The zero-order valence-electron chi connectivity index (χ0n) is 11.7. The van der Waals surface area contributed by atoms with Gasteiger partial charge in [-0.05, 0) is 31.9 Å². The van der Waals surface area contributed by atoms with Crippen LogP contribution in [0.15, 0.2) is 16.5 Å². The largest absolute Gasteiger partial charge is 0.465 e. The Balaban J connectivity index is 2.92. The zero-order chi connectivity index (χ0) is 13.5. The molecule has 4 heteroatoms. The third kappa shape index (κ3) is 3.57. The zero-order valence-corrected chi connectivity index (χ0v) is 11.7. The van der Waals surface area contributed by atoms with Crippen LogP contribution in [0.4, 0.5) is 0 Å². The van der Waals surface area contributed by atoms with Gasteiger partial charge in [0.05, 0.1) is 12.6 Å². The van der Waals surface area contributed by atoms with Crippen LogP contribution in [0, 0.1) is 6.92 Å². The number of hydrogen-bond donors (Lipinski definition) is 2. The number of nitrogens with zero attached hydrogens (tertiary/aromatic N) is 1. The number of aliphatic hydroxyl groups is 1. The van der Waals surface area contributed by atoms with Gasteiger partial charge in [0.1, 0.15) is 11.5 Å². The van der Waals surface area contributed by atoms with Crippen LogP contribution in [0.3, 0.4) is 0 Å². The van der Waals surface area contributed by atoms with Crippen LogP contribution in [-0.4, -0.2) is 35.7 Å². The molecule has 0 aliphatic rings. The van der Waals surface area contributed by atoms with Gasteiger partial charge >= 0.3 is 0 Å². The minimum atomic E-state index is 0.0516. The summed E-state index contributed by atoms with van der Waals surface area (Å²) >= 11 is 0. The fraction of sp³-hybridized carbons (Fsp3) is 0.714. The van der Waals surface area contributed by atoms with E-state index in [0.29, 0.717) is 19.1 Å². The Morgan fingerprint density at radius 1 is 1.33 bits per heavy atom. The van der Waals surface area contributed by atoms with Gasteiger partial charge in [0.2, 0.25) is 0 Å². The highest BCUT2D eigenvalue weighted by molar-refractivity contribution is 5.10. The van der Waals surface area contributed by atoms with Gasteiger partial charge in [0.15, 0.2) is 0 Å². The van der Waals surface area contributed by atoms with Crippen LogP contribution in [-0.2, 0) is 0 Å². The SMILES string of the molecule is CCC(CC)N(CCO)C(CN)c1ccc(C)o1. The molecule has 0 aliphatic carbocycles. The minimum absolute atomic E-state index is 0.0516. The lowest BCUT2D eigenvalue weighted by atomic mass is 10.1. The van der Waals surface area contributed by atoms with Crippen LogP contribution < -0.4 is 5.73 Å². The third-order valence-electron chi connectivity index (χ3n) is 3.48. The second-order valence-electron chi connectivity index (χ2n) is 4.63. The van der Waals surface area contributed by atoms with Gasteiger partial charge in [-0.1, -0.05) is 13.8 Å². The van der Waals surface area contributed by atoms with E-state index < -0.39 is 0 Å². The maximum absolute atomic E-state index is 9.26. The highest BCUT2D eigenvalue weighted by Crippen LogP contribution is 2.25. The first-order chi connectivity index (χ1) is 8.67. The van der Waals surface area contributed by atoms with Crippen molar-refractivity contribution in [1.29, 1.82) is 0 Å². The van der Waals surface area contributed by atoms with Crippen molar-refractivity contribution in [2.45, 2.75) is 45.7 Å². The summed E-state index contributed by atoms with van der Waals surface area (Å²) in [6.07, 6.45) is 2.10. The van der Waals surface area contributed by atoms with E-state index in [0.717, 1.165) is 24.4 Å². The number of aliphatic hydroxyl groups excluding tert-OH is 1. The molecule has 0 aliphatic heterocycles. The van der Waals surface area contributed by atoms with Gasteiger partial charge < -0.3 is 15.3 Å². The predicted molar refractivity (Wildman–Crippen MR) is 73.4 cm³/mol. The van der Waals surface area contributed by atoms with Gasteiger partial charge in [-0.2, -0.15) is 0 Å². The van der Waals surface area contributed by atoms with Crippen molar-refractivity contribution in [3.05, 3.63) is 23.7 Å². The number of hydrogen-bond acceptors (Lipinski definition) is 4. The van der Waals surface area contributed by atoms with Gasteiger partial charge in [-0.15, -0.1) is 0 Å². The molecule has 1 atom stereocenters. The van der Waals surface area contributed by atoms with Crippen LogP contribution in [0.2, 0.25) is 0 Å². The molecule has 0 radical (unpaired) electrons. The monoisotopic (exact) mass is 254 g/mol. The van der Waals surface area contributed by atoms with Crippen molar-refractivity contribution in [3.63, 3.8) is 0 Å². The van der Waals surface area contributed by atoms with Crippen molar-refractivity contribution >= 4 is 0 Å². The molecule has 104 valence electrons. The third-order valence-corrected chi connectivity index (χ3v) is 3.48. The number of nitrogens with two attached hydrogens (primary N) is 1. The van der Waals surface area contributed by atoms with Crippen LogP contribution in [0.1, 0.15) is 44.3 Å². The second-order valence-corrected chi connectivity index (χ2v) is 4.63. The van der Waals surface area contributed by atoms with E-state index in [9.17, 15) is 5.11 Å². The molecule has 0 bridgehead atoms.